The molecule has 1 aliphatic carbocycles. The highest BCUT2D eigenvalue weighted by Crippen LogP contribution is 2.43. The highest BCUT2D eigenvalue weighted by atomic mass is 19.4. The molecule has 0 radical (unpaired) electrons. The predicted octanol–water partition coefficient (Wildman–Crippen LogP) is 5.16. The molecule has 0 aromatic heterocycles. The number of hydrogen-bond donors (Lipinski definition) is 0. The second kappa shape index (κ2) is 5.82. The molecule has 1 aromatic rings. The van der Waals surface area contributed by atoms with Crippen LogP contribution >= 0.6 is 0 Å². The van der Waals surface area contributed by atoms with Crippen LogP contribution in [0, 0.1) is 32.6 Å². The number of alkyl halides is 3. The van der Waals surface area contributed by atoms with Gasteiger partial charge in [-0.2, -0.15) is 13.2 Å². The van der Waals surface area contributed by atoms with Gasteiger partial charge in [-0.25, -0.2) is 0 Å². The summed E-state index contributed by atoms with van der Waals surface area (Å²) < 4.78 is 39.5. The average molecular weight is 298 g/mol. The number of aryl methyl sites for hydroxylation is 3. The van der Waals surface area contributed by atoms with Crippen molar-refractivity contribution in [2.45, 2.75) is 52.6 Å². The van der Waals surface area contributed by atoms with Gasteiger partial charge < -0.3 is 0 Å². The molecule has 0 heterocycles. The van der Waals surface area contributed by atoms with Crippen LogP contribution in [0.2, 0.25) is 0 Å². The van der Waals surface area contributed by atoms with Crippen LogP contribution in [0.5, 0.6) is 0 Å². The van der Waals surface area contributed by atoms with E-state index in [0.29, 0.717) is 24.8 Å². The van der Waals surface area contributed by atoms with Gasteiger partial charge in [0.2, 0.25) is 0 Å². The third-order valence-corrected chi connectivity index (χ3v) is 4.63. The summed E-state index contributed by atoms with van der Waals surface area (Å²) in [5, 5.41) is 0. The Balaban J connectivity index is 2.36. The molecule has 116 valence electrons. The Kier molecular flexibility index (Phi) is 4.45. The van der Waals surface area contributed by atoms with Gasteiger partial charge in [0.25, 0.3) is 0 Å². The van der Waals surface area contributed by atoms with Crippen molar-refractivity contribution in [3.63, 3.8) is 0 Å². The number of carbonyl (C=O) groups is 1. The van der Waals surface area contributed by atoms with Gasteiger partial charge in [-0.05, 0) is 56.4 Å². The summed E-state index contributed by atoms with van der Waals surface area (Å²) in [7, 11) is 0. The standard InChI is InChI=1S/C17H21F3O/c1-10-8-12(3)14(9-11(10)2)16(21)13-6-4-5-7-15(13)17(18,19)20/h8-9,13,15H,4-7H2,1-3H3. The van der Waals surface area contributed by atoms with Crippen molar-refractivity contribution in [2.75, 3.05) is 0 Å². The summed E-state index contributed by atoms with van der Waals surface area (Å²) in [6.45, 7) is 5.62. The highest BCUT2D eigenvalue weighted by molar-refractivity contribution is 5.99. The van der Waals surface area contributed by atoms with E-state index in [0.717, 1.165) is 16.7 Å². The van der Waals surface area contributed by atoms with Gasteiger partial charge in [0.15, 0.2) is 5.78 Å². The van der Waals surface area contributed by atoms with Crippen LogP contribution in [-0.4, -0.2) is 12.0 Å². The number of rotatable bonds is 2. The van der Waals surface area contributed by atoms with Crippen LogP contribution in [0.4, 0.5) is 13.2 Å². The molecule has 1 aromatic carbocycles. The Morgan fingerprint density at radius 3 is 2.19 bits per heavy atom. The minimum atomic E-state index is -4.28. The third kappa shape index (κ3) is 3.30. The number of Topliss-reactive ketones (excluding diaryl/α,β-unsaturated/α-hetero) is 1. The molecule has 1 saturated carbocycles. The van der Waals surface area contributed by atoms with Crippen LogP contribution in [0.3, 0.4) is 0 Å². The van der Waals surface area contributed by atoms with Crippen LogP contribution < -0.4 is 0 Å². The molecular weight excluding hydrogens is 277 g/mol. The molecule has 2 atom stereocenters. The normalized spacial score (nSPS) is 23.1. The Labute approximate surface area is 123 Å². The first-order valence-corrected chi connectivity index (χ1v) is 7.40. The second-order valence-electron chi connectivity index (χ2n) is 6.15. The van der Waals surface area contributed by atoms with Crippen LogP contribution in [-0.2, 0) is 0 Å². The van der Waals surface area contributed by atoms with Gasteiger partial charge in [0.1, 0.15) is 0 Å². The molecule has 1 nitrogen and oxygen atoms in total. The number of ketones is 1. The third-order valence-electron chi connectivity index (χ3n) is 4.63. The van der Waals surface area contributed by atoms with E-state index < -0.39 is 18.0 Å². The molecule has 0 amide bonds. The fraction of sp³-hybridized carbons (Fsp3) is 0.588. The Hall–Kier alpha value is -1.32. The van der Waals surface area contributed by atoms with E-state index in [9.17, 15) is 18.0 Å². The molecule has 1 fully saturated rings. The summed E-state index contributed by atoms with van der Waals surface area (Å²) in [5.41, 5.74) is 3.23. The summed E-state index contributed by atoms with van der Waals surface area (Å²) in [6.07, 6.45) is -2.61. The number of benzene rings is 1. The van der Waals surface area contributed by atoms with Crippen molar-refractivity contribution in [3.05, 3.63) is 34.4 Å². The SMILES string of the molecule is Cc1cc(C)c(C(=O)C2CCCCC2C(F)(F)F)cc1C. The van der Waals surface area contributed by atoms with E-state index in [-0.39, 0.29) is 12.2 Å². The average Bonchev–Trinajstić information content (AvgIpc) is 2.41. The molecule has 1 aliphatic rings. The first kappa shape index (κ1) is 16.1. The van der Waals surface area contributed by atoms with Crippen molar-refractivity contribution in [1.29, 1.82) is 0 Å². The molecule has 0 saturated heterocycles. The topological polar surface area (TPSA) is 17.1 Å². The Morgan fingerprint density at radius 2 is 1.57 bits per heavy atom. The molecular formula is C17H21F3O. The van der Waals surface area contributed by atoms with E-state index >= 15 is 0 Å². The molecule has 4 heteroatoms. The number of halogens is 3. The fourth-order valence-electron chi connectivity index (χ4n) is 3.26. The smallest absolute Gasteiger partial charge is 0.294 e. The van der Waals surface area contributed by atoms with Crippen molar-refractivity contribution in [3.8, 4) is 0 Å². The zero-order valence-electron chi connectivity index (χ0n) is 12.7. The van der Waals surface area contributed by atoms with Crippen molar-refractivity contribution in [2.24, 2.45) is 11.8 Å². The first-order valence-electron chi connectivity index (χ1n) is 7.40. The minimum absolute atomic E-state index is 0.0732. The van der Waals surface area contributed by atoms with E-state index in [1.807, 2.05) is 19.9 Å². The molecule has 2 unspecified atom stereocenters. The van der Waals surface area contributed by atoms with Crippen LogP contribution in [0.15, 0.2) is 12.1 Å². The number of carbonyl (C=O) groups excluding carboxylic acids is 1. The lowest BCUT2D eigenvalue weighted by Gasteiger charge is -2.32. The van der Waals surface area contributed by atoms with Crippen molar-refractivity contribution in [1.82, 2.24) is 0 Å². The maximum atomic E-state index is 13.2. The minimum Gasteiger partial charge on any atom is -0.294 e. The molecule has 0 bridgehead atoms. The maximum Gasteiger partial charge on any atom is 0.392 e. The molecule has 0 spiro atoms. The van der Waals surface area contributed by atoms with Crippen molar-refractivity contribution >= 4 is 5.78 Å². The number of hydrogen-bond acceptors (Lipinski definition) is 1. The monoisotopic (exact) mass is 298 g/mol. The Morgan fingerprint density at radius 1 is 1.00 bits per heavy atom. The maximum absolute atomic E-state index is 13.2. The lowest BCUT2D eigenvalue weighted by molar-refractivity contribution is -0.190. The summed E-state index contributed by atoms with van der Waals surface area (Å²) in [4.78, 5) is 12.6. The van der Waals surface area contributed by atoms with Gasteiger partial charge in [0.05, 0.1) is 5.92 Å². The lowest BCUT2D eigenvalue weighted by Crippen LogP contribution is -2.37. The highest BCUT2D eigenvalue weighted by Gasteiger charge is 2.48. The molecule has 21 heavy (non-hydrogen) atoms. The van der Waals surface area contributed by atoms with E-state index in [2.05, 4.69) is 0 Å². The predicted molar refractivity (Wildman–Crippen MR) is 76.5 cm³/mol. The van der Waals surface area contributed by atoms with Crippen molar-refractivity contribution < 1.29 is 18.0 Å². The summed E-state index contributed by atoms with van der Waals surface area (Å²) in [6, 6.07) is 3.63. The van der Waals surface area contributed by atoms with Gasteiger partial charge in [-0.15, -0.1) is 0 Å². The first-order chi connectivity index (χ1) is 9.71. The summed E-state index contributed by atoms with van der Waals surface area (Å²) in [5.74, 6) is -2.74. The lowest BCUT2D eigenvalue weighted by atomic mass is 9.74. The van der Waals surface area contributed by atoms with Gasteiger partial charge in [-0.3, -0.25) is 4.79 Å². The second-order valence-corrected chi connectivity index (χ2v) is 6.15. The van der Waals surface area contributed by atoms with E-state index in [4.69, 9.17) is 0 Å². The molecule has 2 rings (SSSR count). The van der Waals surface area contributed by atoms with Crippen LogP contribution in [0.1, 0.15) is 52.7 Å². The zero-order chi connectivity index (χ0) is 15.8. The van der Waals surface area contributed by atoms with Gasteiger partial charge in [-0.1, -0.05) is 18.9 Å². The summed E-state index contributed by atoms with van der Waals surface area (Å²) >= 11 is 0. The molecule has 0 aliphatic heterocycles. The van der Waals surface area contributed by atoms with Gasteiger partial charge >= 0.3 is 6.18 Å². The largest absolute Gasteiger partial charge is 0.392 e. The van der Waals surface area contributed by atoms with Gasteiger partial charge in [0, 0.05) is 11.5 Å². The van der Waals surface area contributed by atoms with E-state index in [1.165, 1.54) is 0 Å². The van der Waals surface area contributed by atoms with E-state index in [1.54, 1.807) is 13.0 Å². The fourth-order valence-corrected chi connectivity index (χ4v) is 3.26. The zero-order valence-corrected chi connectivity index (χ0v) is 12.7. The Bertz CT molecular complexity index is 546. The van der Waals surface area contributed by atoms with Crippen LogP contribution in [0.25, 0.3) is 0 Å². The quantitative estimate of drug-likeness (QED) is 0.689. The molecule has 0 N–H and O–H groups in total.